The number of anilines is 1. The number of hydrogen-bond acceptors (Lipinski definition) is 1. The van der Waals surface area contributed by atoms with E-state index in [9.17, 15) is 4.79 Å². The van der Waals surface area contributed by atoms with E-state index in [-0.39, 0.29) is 11.8 Å². The third-order valence-electron chi connectivity index (χ3n) is 5.77. The number of rotatable bonds is 1. The van der Waals surface area contributed by atoms with Crippen LogP contribution in [-0.2, 0) is 11.3 Å². The zero-order chi connectivity index (χ0) is 22.5. The van der Waals surface area contributed by atoms with Gasteiger partial charge in [-0.2, -0.15) is 0 Å². The summed E-state index contributed by atoms with van der Waals surface area (Å²) >= 11 is 6.56. The second-order valence-corrected chi connectivity index (χ2v) is 8.38. The Morgan fingerprint density at radius 2 is 1.31 bits per heavy atom. The first-order valence-electron chi connectivity index (χ1n) is 10.8. The van der Waals surface area contributed by atoms with E-state index in [1.165, 1.54) is 11.1 Å². The van der Waals surface area contributed by atoms with Gasteiger partial charge < -0.3 is 4.90 Å². The number of hydrogen-bond donors (Lipinski definition) is 0. The van der Waals surface area contributed by atoms with Crippen molar-refractivity contribution in [3.05, 3.63) is 136 Å². The average molecular weight is 440 g/mol. The Hall–Kier alpha value is -3.36. The van der Waals surface area contributed by atoms with E-state index < -0.39 is 0 Å². The molecule has 1 unspecified atom stereocenters. The molecule has 0 N–H and O–H groups in total. The molecule has 0 aliphatic carbocycles. The third kappa shape index (κ3) is 4.61. The molecule has 2 nitrogen and oxygen atoms in total. The quantitative estimate of drug-likeness (QED) is 0.303. The molecule has 0 bridgehead atoms. The summed E-state index contributed by atoms with van der Waals surface area (Å²) in [6.45, 7) is 4.28. The molecule has 0 radical (unpaired) electrons. The van der Waals surface area contributed by atoms with Crippen LogP contribution < -0.4 is 4.90 Å². The Labute approximate surface area is 195 Å². The van der Waals surface area contributed by atoms with Crippen LogP contribution in [0.15, 0.2) is 103 Å². The van der Waals surface area contributed by atoms with Gasteiger partial charge in [0.05, 0.1) is 6.54 Å². The van der Waals surface area contributed by atoms with Crippen molar-refractivity contribution in [2.45, 2.75) is 26.3 Å². The lowest BCUT2D eigenvalue weighted by Gasteiger charge is -2.23. The minimum atomic E-state index is 0.00505. The van der Waals surface area contributed by atoms with Crippen LogP contribution in [0.2, 0.25) is 5.02 Å². The van der Waals surface area contributed by atoms with Crippen LogP contribution in [0, 0.1) is 6.92 Å². The number of carbonyl (C=O) groups is 1. The number of nitrogens with zero attached hydrogens (tertiary/aromatic N) is 1. The van der Waals surface area contributed by atoms with Gasteiger partial charge in [0, 0.05) is 23.6 Å². The highest BCUT2D eigenvalue weighted by molar-refractivity contribution is 6.31. The number of fused-ring (bicyclic) bond motifs is 2. The van der Waals surface area contributed by atoms with Gasteiger partial charge in [-0.05, 0) is 41.3 Å². The zero-order valence-electron chi connectivity index (χ0n) is 18.3. The highest BCUT2D eigenvalue weighted by Crippen LogP contribution is 2.44. The number of benzene rings is 4. The SMILES string of the molecule is CC(=O)N1Cc2ccccc2C(c2ccccc2Cl)c2ccccc21.Cc1ccccc1. The van der Waals surface area contributed by atoms with E-state index in [0.717, 1.165) is 27.4 Å². The molecule has 0 spiro atoms. The van der Waals surface area contributed by atoms with E-state index in [0.29, 0.717) is 6.54 Å². The summed E-state index contributed by atoms with van der Waals surface area (Å²) in [5.74, 6) is 0.0486. The van der Waals surface area contributed by atoms with Crippen LogP contribution in [0.3, 0.4) is 0 Å². The molecule has 0 saturated carbocycles. The maximum atomic E-state index is 12.3. The normalized spacial score (nSPS) is 14.3. The number of para-hydroxylation sites is 1. The molecule has 3 heteroatoms. The van der Waals surface area contributed by atoms with Crippen LogP contribution in [-0.4, -0.2) is 5.91 Å². The molecule has 0 saturated heterocycles. The number of carbonyl (C=O) groups excluding carboxylic acids is 1. The molecule has 4 aromatic carbocycles. The van der Waals surface area contributed by atoms with Gasteiger partial charge >= 0.3 is 0 Å². The second-order valence-electron chi connectivity index (χ2n) is 7.97. The van der Waals surface area contributed by atoms with Crippen LogP contribution in [0.4, 0.5) is 5.69 Å². The summed E-state index contributed by atoms with van der Waals surface area (Å²) in [6.07, 6.45) is 0. The summed E-state index contributed by atoms with van der Waals surface area (Å²) in [5.41, 5.74) is 6.80. The average Bonchev–Trinajstić information content (AvgIpc) is 2.95. The van der Waals surface area contributed by atoms with Gasteiger partial charge in [-0.1, -0.05) is 108 Å². The Morgan fingerprint density at radius 1 is 0.750 bits per heavy atom. The summed E-state index contributed by atoms with van der Waals surface area (Å²) in [6, 6.07) is 34.7. The number of aryl methyl sites for hydroxylation is 1. The predicted molar refractivity (Wildman–Crippen MR) is 133 cm³/mol. The minimum Gasteiger partial charge on any atom is -0.308 e. The van der Waals surface area contributed by atoms with Crippen molar-refractivity contribution in [1.82, 2.24) is 0 Å². The molecule has 5 rings (SSSR count). The highest BCUT2D eigenvalue weighted by Gasteiger charge is 2.30. The van der Waals surface area contributed by atoms with Crippen molar-refractivity contribution < 1.29 is 4.79 Å². The van der Waals surface area contributed by atoms with E-state index in [1.54, 1.807) is 6.92 Å². The second kappa shape index (κ2) is 9.84. The van der Waals surface area contributed by atoms with E-state index in [4.69, 9.17) is 11.6 Å². The molecule has 0 aromatic heterocycles. The molecule has 1 heterocycles. The lowest BCUT2D eigenvalue weighted by Crippen LogP contribution is -2.27. The van der Waals surface area contributed by atoms with Crippen molar-refractivity contribution in [3.63, 3.8) is 0 Å². The Kier molecular flexibility index (Phi) is 6.72. The summed E-state index contributed by atoms with van der Waals surface area (Å²) in [5, 5.41) is 0.744. The third-order valence-corrected chi connectivity index (χ3v) is 6.11. The number of amides is 1. The van der Waals surface area contributed by atoms with Crippen LogP contribution in [0.1, 0.15) is 40.7 Å². The molecular weight excluding hydrogens is 414 g/mol. The van der Waals surface area contributed by atoms with E-state index >= 15 is 0 Å². The molecule has 1 aliphatic rings. The fourth-order valence-corrected chi connectivity index (χ4v) is 4.46. The fourth-order valence-electron chi connectivity index (χ4n) is 4.22. The maximum Gasteiger partial charge on any atom is 0.224 e. The van der Waals surface area contributed by atoms with Gasteiger partial charge in [-0.25, -0.2) is 0 Å². The first-order valence-corrected chi connectivity index (χ1v) is 11.1. The Bertz CT molecular complexity index is 1220. The topological polar surface area (TPSA) is 20.3 Å². The molecule has 1 atom stereocenters. The molecular formula is C29H26ClNO. The monoisotopic (exact) mass is 439 g/mol. The summed E-state index contributed by atoms with van der Waals surface area (Å²) in [7, 11) is 0. The van der Waals surface area contributed by atoms with Gasteiger partial charge in [-0.15, -0.1) is 0 Å². The maximum absolute atomic E-state index is 12.3. The van der Waals surface area contributed by atoms with Crippen molar-refractivity contribution in [1.29, 1.82) is 0 Å². The van der Waals surface area contributed by atoms with Crippen molar-refractivity contribution in [3.8, 4) is 0 Å². The van der Waals surface area contributed by atoms with Crippen LogP contribution in [0.5, 0.6) is 0 Å². The smallest absolute Gasteiger partial charge is 0.224 e. The Balaban J connectivity index is 0.000000300. The van der Waals surface area contributed by atoms with Crippen molar-refractivity contribution in [2.24, 2.45) is 0 Å². The Morgan fingerprint density at radius 3 is 1.94 bits per heavy atom. The van der Waals surface area contributed by atoms with Gasteiger partial charge in [0.15, 0.2) is 0 Å². The minimum absolute atomic E-state index is 0.00505. The van der Waals surface area contributed by atoms with Gasteiger partial charge in [-0.3, -0.25) is 4.79 Å². The summed E-state index contributed by atoms with van der Waals surface area (Å²) in [4.78, 5) is 14.2. The highest BCUT2D eigenvalue weighted by atomic mass is 35.5. The lowest BCUT2D eigenvalue weighted by molar-refractivity contribution is -0.116. The fraction of sp³-hybridized carbons (Fsp3) is 0.138. The zero-order valence-corrected chi connectivity index (χ0v) is 19.1. The van der Waals surface area contributed by atoms with Crippen LogP contribution in [0.25, 0.3) is 0 Å². The largest absolute Gasteiger partial charge is 0.308 e. The lowest BCUT2D eigenvalue weighted by atomic mass is 9.83. The number of halogens is 1. The summed E-state index contributed by atoms with van der Waals surface area (Å²) < 4.78 is 0. The first-order chi connectivity index (χ1) is 15.6. The molecule has 4 aromatic rings. The van der Waals surface area contributed by atoms with Crippen LogP contribution >= 0.6 is 11.6 Å². The first kappa shape index (κ1) is 21.9. The van der Waals surface area contributed by atoms with E-state index in [2.05, 4.69) is 49.4 Å². The molecule has 160 valence electrons. The van der Waals surface area contributed by atoms with Crippen molar-refractivity contribution in [2.75, 3.05) is 4.90 Å². The van der Waals surface area contributed by atoms with Gasteiger partial charge in [0.25, 0.3) is 0 Å². The predicted octanol–water partition coefficient (Wildman–Crippen LogP) is 7.38. The van der Waals surface area contributed by atoms with Gasteiger partial charge in [0.2, 0.25) is 5.91 Å². The molecule has 1 aliphatic heterocycles. The van der Waals surface area contributed by atoms with E-state index in [1.807, 2.05) is 65.6 Å². The van der Waals surface area contributed by atoms with Gasteiger partial charge in [0.1, 0.15) is 0 Å². The molecule has 32 heavy (non-hydrogen) atoms. The molecule has 1 amide bonds. The standard InChI is InChI=1S/C22H18ClNO.C7H8/c1-15(25)24-14-16-8-2-3-9-17(16)22(18-10-4-6-12-20(18)23)19-11-5-7-13-21(19)24;1-7-5-3-2-4-6-7/h2-13,22H,14H2,1H3;2-6H,1H3. The molecule has 0 fully saturated rings. The van der Waals surface area contributed by atoms with Crippen molar-refractivity contribution >= 4 is 23.2 Å².